The van der Waals surface area contributed by atoms with Crippen LogP contribution in [0.2, 0.25) is 0 Å². The maximum atomic E-state index is 8.82. The summed E-state index contributed by atoms with van der Waals surface area (Å²) in [5.41, 5.74) is 1.69. The lowest BCUT2D eigenvalue weighted by atomic mass is 10.3. The van der Waals surface area contributed by atoms with Crippen molar-refractivity contribution in [1.82, 2.24) is 9.55 Å². The van der Waals surface area contributed by atoms with E-state index in [2.05, 4.69) is 11.1 Å². The molecule has 65 valence electrons. The van der Waals surface area contributed by atoms with Crippen LogP contribution in [0.4, 0.5) is 0 Å². The number of hydrogen-bond donors (Lipinski definition) is 1. The molecule has 0 aliphatic carbocycles. The zero-order valence-corrected chi connectivity index (χ0v) is 7.01. The lowest BCUT2D eigenvalue weighted by molar-refractivity contribution is 0.277. The lowest BCUT2D eigenvalue weighted by Gasteiger charge is -1.98. The van der Waals surface area contributed by atoms with Gasteiger partial charge >= 0.3 is 0 Å². The van der Waals surface area contributed by atoms with Crippen LogP contribution in [0.3, 0.4) is 0 Å². The van der Waals surface area contributed by atoms with Crippen molar-refractivity contribution in [3.8, 4) is 5.69 Å². The highest BCUT2D eigenvalue weighted by Crippen LogP contribution is 2.07. The molecule has 3 nitrogen and oxygen atoms in total. The Bertz CT molecular complexity index is 381. The Morgan fingerprint density at radius 1 is 1.38 bits per heavy atom. The molecule has 0 unspecified atom stereocenters. The second-order valence-corrected chi connectivity index (χ2v) is 2.69. The molecule has 1 aromatic carbocycles. The average molecular weight is 173 g/mol. The van der Waals surface area contributed by atoms with Crippen molar-refractivity contribution in [2.45, 2.75) is 6.61 Å². The molecule has 2 aromatic rings. The van der Waals surface area contributed by atoms with Crippen LogP contribution in [0, 0.1) is 6.07 Å². The summed E-state index contributed by atoms with van der Waals surface area (Å²) in [5, 5.41) is 8.82. The summed E-state index contributed by atoms with van der Waals surface area (Å²) >= 11 is 0. The van der Waals surface area contributed by atoms with Gasteiger partial charge in [0, 0.05) is 11.9 Å². The number of aliphatic hydroxyl groups is 1. The maximum Gasteiger partial charge on any atom is 0.0996 e. The first-order chi connectivity index (χ1) is 6.40. The quantitative estimate of drug-likeness (QED) is 0.740. The molecule has 0 fully saturated rings. The van der Waals surface area contributed by atoms with Gasteiger partial charge < -0.3 is 9.67 Å². The lowest BCUT2D eigenvalue weighted by Crippen LogP contribution is -1.88. The first kappa shape index (κ1) is 8.01. The van der Waals surface area contributed by atoms with Crippen molar-refractivity contribution in [3.63, 3.8) is 0 Å². The Morgan fingerprint density at radius 3 is 2.77 bits per heavy atom. The minimum atomic E-state index is -0.0219. The fraction of sp³-hybridized carbons (Fsp3) is 0.100. The van der Waals surface area contributed by atoms with Crippen molar-refractivity contribution in [1.29, 1.82) is 0 Å². The van der Waals surface area contributed by atoms with Crippen molar-refractivity contribution >= 4 is 0 Å². The van der Waals surface area contributed by atoms with E-state index in [1.54, 1.807) is 12.5 Å². The van der Waals surface area contributed by atoms with Crippen molar-refractivity contribution in [3.05, 3.63) is 48.5 Å². The molecule has 2 rings (SSSR count). The van der Waals surface area contributed by atoms with Crippen LogP contribution in [0.15, 0.2) is 36.8 Å². The minimum Gasteiger partial charge on any atom is -0.390 e. The maximum absolute atomic E-state index is 8.82. The molecule has 0 atom stereocenters. The predicted molar refractivity (Wildman–Crippen MR) is 48.3 cm³/mol. The summed E-state index contributed by atoms with van der Waals surface area (Å²) in [7, 11) is 0. The fourth-order valence-corrected chi connectivity index (χ4v) is 1.14. The third-order valence-electron chi connectivity index (χ3n) is 1.80. The van der Waals surface area contributed by atoms with E-state index in [4.69, 9.17) is 5.11 Å². The summed E-state index contributed by atoms with van der Waals surface area (Å²) in [6.07, 6.45) is 3.48. The molecule has 0 aliphatic rings. The standard InChI is InChI=1S/C10H9N2O/c13-7-9-6-12(8-11-9)10-4-2-1-3-5-10/h2-6,8,13H,7H2. The first-order valence-electron chi connectivity index (χ1n) is 4.00. The van der Waals surface area contributed by atoms with Crippen LogP contribution in [-0.4, -0.2) is 14.7 Å². The molecule has 1 heterocycles. The molecular formula is C10H9N2O. The van der Waals surface area contributed by atoms with Crippen LogP contribution < -0.4 is 0 Å². The highest BCUT2D eigenvalue weighted by molar-refractivity contribution is 5.31. The Hall–Kier alpha value is -1.61. The number of hydrogen-bond acceptors (Lipinski definition) is 2. The SMILES string of the molecule is OCc1cn(-c2cc[c]cc2)cn1. The normalized spacial score (nSPS) is 10.2. The van der Waals surface area contributed by atoms with Gasteiger partial charge in [0.2, 0.25) is 0 Å². The number of imidazole rings is 1. The Morgan fingerprint density at radius 2 is 2.15 bits per heavy atom. The van der Waals surface area contributed by atoms with Gasteiger partial charge in [0.05, 0.1) is 18.6 Å². The first-order valence-corrected chi connectivity index (χ1v) is 4.00. The second-order valence-electron chi connectivity index (χ2n) is 2.69. The van der Waals surface area contributed by atoms with Crippen LogP contribution in [0.5, 0.6) is 0 Å². The molecule has 0 spiro atoms. The monoisotopic (exact) mass is 173 g/mol. The molecule has 13 heavy (non-hydrogen) atoms. The molecule has 0 saturated heterocycles. The van der Waals surface area contributed by atoms with E-state index < -0.39 is 0 Å². The number of aliphatic hydroxyl groups excluding tert-OH is 1. The predicted octanol–water partition coefficient (Wildman–Crippen LogP) is 1.16. The summed E-state index contributed by atoms with van der Waals surface area (Å²) in [6.45, 7) is -0.0219. The van der Waals surface area contributed by atoms with E-state index in [1.807, 2.05) is 28.8 Å². The molecule has 0 aliphatic heterocycles. The Balaban J connectivity index is 2.36. The zero-order valence-electron chi connectivity index (χ0n) is 7.01. The Kier molecular flexibility index (Phi) is 2.10. The van der Waals surface area contributed by atoms with E-state index in [9.17, 15) is 0 Å². The summed E-state index contributed by atoms with van der Waals surface area (Å²) in [6, 6.07) is 10.5. The molecule has 1 radical (unpaired) electrons. The smallest absolute Gasteiger partial charge is 0.0996 e. The molecule has 0 bridgehead atoms. The van der Waals surface area contributed by atoms with Gasteiger partial charge in [0.15, 0.2) is 0 Å². The highest BCUT2D eigenvalue weighted by atomic mass is 16.3. The molecule has 0 amide bonds. The number of aromatic nitrogens is 2. The molecular weight excluding hydrogens is 164 g/mol. The highest BCUT2D eigenvalue weighted by Gasteiger charge is 1.97. The van der Waals surface area contributed by atoms with Crippen LogP contribution >= 0.6 is 0 Å². The number of rotatable bonds is 2. The van der Waals surface area contributed by atoms with Gasteiger partial charge in [0.1, 0.15) is 0 Å². The van der Waals surface area contributed by atoms with Gasteiger partial charge in [-0.1, -0.05) is 12.1 Å². The van der Waals surface area contributed by atoms with Gasteiger partial charge in [-0.2, -0.15) is 0 Å². The van der Waals surface area contributed by atoms with E-state index in [1.165, 1.54) is 0 Å². The zero-order chi connectivity index (χ0) is 9.10. The average Bonchev–Trinajstić information content (AvgIpc) is 2.67. The summed E-state index contributed by atoms with van der Waals surface area (Å²) in [5.74, 6) is 0. The molecule has 1 N–H and O–H groups in total. The third-order valence-corrected chi connectivity index (χ3v) is 1.80. The topological polar surface area (TPSA) is 38.0 Å². The van der Waals surface area contributed by atoms with Crippen molar-refractivity contribution in [2.75, 3.05) is 0 Å². The van der Waals surface area contributed by atoms with Gasteiger partial charge in [-0.05, 0) is 18.2 Å². The largest absolute Gasteiger partial charge is 0.390 e. The van der Waals surface area contributed by atoms with Gasteiger partial charge in [-0.15, -0.1) is 0 Å². The van der Waals surface area contributed by atoms with Crippen LogP contribution in [0.1, 0.15) is 5.69 Å². The van der Waals surface area contributed by atoms with E-state index >= 15 is 0 Å². The molecule has 3 heteroatoms. The van der Waals surface area contributed by atoms with Crippen molar-refractivity contribution in [2.24, 2.45) is 0 Å². The van der Waals surface area contributed by atoms with Crippen LogP contribution in [0.25, 0.3) is 5.69 Å². The number of nitrogens with zero attached hydrogens (tertiary/aromatic N) is 2. The van der Waals surface area contributed by atoms with Gasteiger partial charge in [0.25, 0.3) is 0 Å². The Labute approximate surface area is 76.3 Å². The summed E-state index contributed by atoms with van der Waals surface area (Å²) in [4.78, 5) is 4.01. The van der Waals surface area contributed by atoms with E-state index in [0.29, 0.717) is 5.69 Å². The van der Waals surface area contributed by atoms with E-state index in [0.717, 1.165) is 5.69 Å². The van der Waals surface area contributed by atoms with Crippen molar-refractivity contribution < 1.29 is 5.11 Å². The fourth-order valence-electron chi connectivity index (χ4n) is 1.14. The summed E-state index contributed by atoms with van der Waals surface area (Å²) < 4.78 is 1.86. The molecule has 1 aromatic heterocycles. The van der Waals surface area contributed by atoms with Gasteiger partial charge in [-0.25, -0.2) is 4.98 Å². The minimum absolute atomic E-state index is 0.0219. The molecule has 0 saturated carbocycles. The third kappa shape index (κ3) is 1.60. The van der Waals surface area contributed by atoms with Gasteiger partial charge in [-0.3, -0.25) is 0 Å². The second kappa shape index (κ2) is 3.41. The van der Waals surface area contributed by atoms with E-state index in [-0.39, 0.29) is 6.61 Å². The number of benzene rings is 1. The van der Waals surface area contributed by atoms with Crippen LogP contribution in [-0.2, 0) is 6.61 Å².